The number of halogens is 1. The highest BCUT2D eigenvalue weighted by Gasteiger charge is 2.37. The number of nitrogens with two attached hydrogens (primary N) is 1. The quantitative estimate of drug-likeness (QED) is 0.803. The van der Waals surface area contributed by atoms with Crippen molar-refractivity contribution in [2.24, 2.45) is 5.92 Å². The summed E-state index contributed by atoms with van der Waals surface area (Å²) < 4.78 is 0.990. The third-order valence-corrected chi connectivity index (χ3v) is 3.71. The normalized spacial score (nSPS) is 18.7. The lowest BCUT2D eigenvalue weighted by atomic mass is 10.1. The maximum absolute atomic E-state index is 12.1. The van der Waals surface area contributed by atoms with Crippen LogP contribution in [0.4, 0.5) is 11.4 Å². The Morgan fingerprint density at radius 2 is 2.19 bits per heavy atom. The van der Waals surface area contributed by atoms with Gasteiger partial charge >= 0.3 is 0 Å². The molecule has 0 bridgehead atoms. The van der Waals surface area contributed by atoms with E-state index in [9.17, 15) is 4.79 Å². The standard InChI is InChI=1S/C12H13BrN2O/c13-9-5-8-3-4-15(11(8)10(14)6-9)12(16)7-1-2-7/h5-7H,1-4,14H2. The summed E-state index contributed by atoms with van der Waals surface area (Å²) in [7, 11) is 0. The number of rotatable bonds is 1. The molecule has 1 aliphatic carbocycles. The van der Waals surface area contributed by atoms with Crippen molar-refractivity contribution < 1.29 is 4.79 Å². The van der Waals surface area contributed by atoms with Gasteiger partial charge in [0.25, 0.3) is 0 Å². The molecule has 3 nitrogen and oxygen atoms in total. The predicted molar refractivity (Wildman–Crippen MR) is 67.3 cm³/mol. The number of carbonyl (C=O) groups excluding carboxylic acids is 1. The van der Waals surface area contributed by atoms with Crippen molar-refractivity contribution in [1.82, 2.24) is 0 Å². The Hall–Kier alpha value is -1.03. The summed E-state index contributed by atoms with van der Waals surface area (Å²) in [5.41, 5.74) is 8.83. The first-order valence-corrected chi connectivity index (χ1v) is 6.35. The van der Waals surface area contributed by atoms with Crippen LogP contribution in [-0.4, -0.2) is 12.5 Å². The van der Waals surface area contributed by atoms with Crippen molar-refractivity contribution in [3.8, 4) is 0 Å². The maximum Gasteiger partial charge on any atom is 0.230 e. The van der Waals surface area contributed by atoms with E-state index < -0.39 is 0 Å². The first kappa shape index (κ1) is 10.1. The summed E-state index contributed by atoms with van der Waals surface area (Å²) in [5, 5.41) is 0. The molecular weight excluding hydrogens is 268 g/mol. The van der Waals surface area contributed by atoms with Gasteiger partial charge in [-0.3, -0.25) is 4.79 Å². The molecule has 1 heterocycles. The summed E-state index contributed by atoms with van der Waals surface area (Å²) >= 11 is 3.43. The number of anilines is 2. The third-order valence-electron chi connectivity index (χ3n) is 3.25. The van der Waals surface area contributed by atoms with Gasteiger partial charge in [0.2, 0.25) is 5.91 Å². The molecule has 1 amide bonds. The predicted octanol–water partition coefficient (Wildman–Crippen LogP) is 2.33. The number of benzene rings is 1. The molecule has 1 aliphatic heterocycles. The van der Waals surface area contributed by atoms with Gasteiger partial charge in [0.05, 0.1) is 11.4 Å². The molecule has 0 radical (unpaired) electrons. The molecule has 0 saturated heterocycles. The molecule has 16 heavy (non-hydrogen) atoms. The van der Waals surface area contributed by atoms with Crippen molar-refractivity contribution in [3.05, 3.63) is 22.2 Å². The van der Waals surface area contributed by atoms with Gasteiger partial charge in [-0.15, -0.1) is 0 Å². The Kier molecular flexibility index (Phi) is 2.21. The van der Waals surface area contributed by atoms with E-state index in [2.05, 4.69) is 22.0 Å². The molecular formula is C12H13BrN2O. The molecule has 4 heteroatoms. The minimum absolute atomic E-state index is 0.257. The molecule has 84 valence electrons. The van der Waals surface area contributed by atoms with Crippen LogP contribution in [0.3, 0.4) is 0 Å². The number of amides is 1. The van der Waals surface area contributed by atoms with E-state index in [-0.39, 0.29) is 11.8 Å². The minimum Gasteiger partial charge on any atom is -0.397 e. The zero-order chi connectivity index (χ0) is 11.3. The average Bonchev–Trinajstić information content (AvgIpc) is 2.98. The van der Waals surface area contributed by atoms with Crippen LogP contribution in [0.25, 0.3) is 0 Å². The second kappa shape index (κ2) is 3.48. The van der Waals surface area contributed by atoms with Gasteiger partial charge in [-0.1, -0.05) is 15.9 Å². The number of carbonyl (C=O) groups is 1. The van der Waals surface area contributed by atoms with Gasteiger partial charge in [0.1, 0.15) is 0 Å². The zero-order valence-corrected chi connectivity index (χ0v) is 10.5. The van der Waals surface area contributed by atoms with Gasteiger partial charge in [0, 0.05) is 16.9 Å². The monoisotopic (exact) mass is 280 g/mol. The lowest BCUT2D eigenvalue weighted by molar-refractivity contribution is -0.119. The SMILES string of the molecule is Nc1cc(Br)cc2c1N(C(=O)C1CC1)CC2. The fourth-order valence-corrected chi connectivity index (χ4v) is 2.84. The summed E-state index contributed by atoms with van der Waals surface area (Å²) in [6.07, 6.45) is 3.00. The van der Waals surface area contributed by atoms with Crippen LogP contribution >= 0.6 is 15.9 Å². The first-order chi connectivity index (χ1) is 7.66. The van der Waals surface area contributed by atoms with Crippen LogP contribution in [0.2, 0.25) is 0 Å². The van der Waals surface area contributed by atoms with E-state index >= 15 is 0 Å². The molecule has 0 spiro atoms. The molecule has 2 N–H and O–H groups in total. The van der Waals surface area contributed by atoms with Gasteiger partial charge < -0.3 is 10.6 Å². The molecule has 1 fully saturated rings. The van der Waals surface area contributed by atoms with Gasteiger partial charge in [-0.2, -0.15) is 0 Å². The summed E-state index contributed by atoms with van der Waals surface area (Å²) in [4.78, 5) is 13.9. The number of nitrogen functional groups attached to an aromatic ring is 1. The average molecular weight is 281 g/mol. The molecule has 3 rings (SSSR count). The van der Waals surface area contributed by atoms with Crippen molar-refractivity contribution in [3.63, 3.8) is 0 Å². The highest BCUT2D eigenvalue weighted by Crippen LogP contribution is 2.40. The summed E-state index contributed by atoms with van der Waals surface area (Å²) in [6.45, 7) is 0.783. The highest BCUT2D eigenvalue weighted by molar-refractivity contribution is 9.10. The Morgan fingerprint density at radius 1 is 1.44 bits per heavy atom. The van der Waals surface area contributed by atoms with Crippen LogP contribution in [0, 0.1) is 5.92 Å². The van der Waals surface area contributed by atoms with Crippen molar-refractivity contribution in [2.45, 2.75) is 19.3 Å². The minimum atomic E-state index is 0.257. The highest BCUT2D eigenvalue weighted by atomic mass is 79.9. The Labute approximate surface area is 103 Å². The van der Waals surface area contributed by atoms with Crippen molar-refractivity contribution >= 4 is 33.2 Å². The summed E-state index contributed by atoms with van der Waals surface area (Å²) in [6, 6.07) is 3.93. The fourth-order valence-electron chi connectivity index (χ4n) is 2.31. The third kappa shape index (κ3) is 1.52. The number of hydrogen-bond donors (Lipinski definition) is 1. The molecule has 1 aromatic rings. The van der Waals surface area contributed by atoms with Gasteiger partial charge in [-0.25, -0.2) is 0 Å². The number of hydrogen-bond acceptors (Lipinski definition) is 2. The largest absolute Gasteiger partial charge is 0.397 e. The van der Waals surface area contributed by atoms with E-state index in [4.69, 9.17) is 5.73 Å². The summed E-state index contributed by atoms with van der Waals surface area (Å²) in [5.74, 6) is 0.516. The van der Waals surface area contributed by atoms with E-state index in [1.54, 1.807) is 0 Å². The number of nitrogens with zero attached hydrogens (tertiary/aromatic N) is 1. The van der Waals surface area contributed by atoms with E-state index in [0.29, 0.717) is 5.69 Å². The van der Waals surface area contributed by atoms with E-state index in [0.717, 1.165) is 36.0 Å². The first-order valence-electron chi connectivity index (χ1n) is 5.56. The van der Waals surface area contributed by atoms with Crippen LogP contribution < -0.4 is 10.6 Å². The molecule has 2 aliphatic rings. The molecule has 0 atom stereocenters. The second-order valence-corrected chi connectivity index (χ2v) is 5.43. The van der Waals surface area contributed by atoms with Crippen molar-refractivity contribution in [1.29, 1.82) is 0 Å². The Bertz CT molecular complexity index is 468. The smallest absolute Gasteiger partial charge is 0.230 e. The van der Waals surface area contributed by atoms with Crippen LogP contribution in [-0.2, 0) is 11.2 Å². The second-order valence-electron chi connectivity index (χ2n) is 4.52. The fraction of sp³-hybridized carbons (Fsp3) is 0.417. The molecule has 0 unspecified atom stereocenters. The van der Waals surface area contributed by atoms with Crippen LogP contribution in [0.15, 0.2) is 16.6 Å². The molecule has 1 saturated carbocycles. The lowest BCUT2D eigenvalue weighted by Gasteiger charge is -2.18. The maximum atomic E-state index is 12.1. The van der Waals surface area contributed by atoms with Gasteiger partial charge in [0.15, 0.2) is 0 Å². The molecule has 1 aromatic carbocycles. The van der Waals surface area contributed by atoms with Crippen LogP contribution in [0.5, 0.6) is 0 Å². The lowest BCUT2D eigenvalue weighted by Crippen LogP contribution is -2.30. The Balaban J connectivity index is 2.01. The Morgan fingerprint density at radius 3 is 2.88 bits per heavy atom. The van der Waals surface area contributed by atoms with Crippen LogP contribution in [0.1, 0.15) is 18.4 Å². The van der Waals surface area contributed by atoms with Gasteiger partial charge in [-0.05, 0) is 37.0 Å². The number of fused-ring (bicyclic) bond motifs is 1. The van der Waals surface area contributed by atoms with E-state index in [1.165, 1.54) is 5.56 Å². The van der Waals surface area contributed by atoms with Crippen molar-refractivity contribution in [2.75, 3.05) is 17.2 Å². The zero-order valence-electron chi connectivity index (χ0n) is 8.87. The van der Waals surface area contributed by atoms with E-state index in [1.807, 2.05) is 11.0 Å². The topological polar surface area (TPSA) is 46.3 Å². The molecule has 0 aromatic heterocycles.